The lowest BCUT2D eigenvalue weighted by atomic mass is 9.96. The molecule has 8 atom stereocenters. The normalized spacial score (nSPS) is 23.0. The van der Waals surface area contributed by atoms with Gasteiger partial charge in [0.1, 0.15) is 25.7 Å². The molecule has 0 bridgehead atoms. The number of rotatable bonds is 17. The van der Waals surface area contributed by atoms with E-state index in [1.807, 2.05) is 60.7 Å². The predicted octanol–water partition coefficient (Wildman–Crippen LogP) is 6.19. The molecule has 0 amide bonds. The highest BCUT2D eigenvalue weighted by Gasteiger charge is 2.59. The van der Waals surface area contributed by atoms with Crippen molar-refractivity contribution in [3.8, 4) is 0 Å². The van der Waals surface area contributed by atoms with Gasteiger partial charge >= 0.3 is 35.3 Å². The molecule has 2 fully saturated rings. The zero-order valence-electron chi connectivity index (χ0n) is 40.6. The van der Waals surface area contributed by atoms with Gasteiger partial charge in [0.05, 0.1) is 42.8 Å². The molecule has 8 unspecified atom stereocenters. The number of halogens is 2. The van der Waals surface area contributed by atoms with Crippen LogP contribution in [0.2, 0.25) is 0 Å². The lowest BCUT2D eigenvalue weighted by molar-refractivity contribution is -0.153. The number of hydrogen-bond donors (Lipinski definition) is 1. The molecule has 2 aromatic heterocycles. The molecule has 0 saturated heterocycles. The van der Waals surface area contributed by atoms with Crippen LogP contribution in [0, 0.1) is 5.92 Å². The summed E-state index contributed by atoms with van der Waals surface area (Å²) in [7, 11) is 0. The van der Waals surface area contributed by atoms with E-state index in [4.69, 9.17) is 23.7 Å². The second-order valence-electron chi connectivity index (χ2n) is 18.2. The van der Waals surface area contributed by atoms with Crippen molar-refractivity contribution >= 4 is 23.9 Å². The first-order chi connectivity index (χ1) is 35.4. The largest absolute Gasteiger partial charge is 0.481 e. The molecule has 18 nitrogen and oxygen atoms in total. The molecule has 2 heterocycles. The first kappa shape index (κ1) is 53.7. The second kappa shape index (κ2) is 23.6. The van der Waals surface area contributed by atoms with Crippen LogP contribution in [0.3, 0.4) is 0 Å². The topological polar surface area (TPSA) is 223 Å². The molecule has 0 spiro atoms. The summed E-state index contributed by atoms with van der Waals surface area (Å²) >= 11 is 0. The third kappa shape index (κ3) is 12.6. The zero-order chi connectivity index (χ0) is 53.2. The molecule has 388 valence electrons. The molecule has 0 aliphatic heterocycles. The highest BCUT2D eigenvalue weighted by Crippen LogP contribution is 2.49. The summed E-state index contributed by atoms with van der Waals surface area (Å²) in [5.74, 6) is -4.36. The minimum Gasteiger partial charge on any atom is -0.481 e. The van der Waals surface area contributed by atoms with Crippen molar-refractivity contribution in [2.24, 2.45) is 5.92 Å². The van der Waals surface area contributed by atoms with E-state index < -0.39 is 100 Å². The van der Waals surface area contributed by atoms with E-state index in [0.29, 0.717) is 0 Å². The predicted molar refractivity (Wildman–Crippen MR) is 261 cm³/mol. The molecule has 0 radical (unpaired) electrons. The molecule has 1 N–H and O–H groups in total. The monoisotopic (exact) mass is 1020 g/mol. The molecule has 2 aliphatic rings. The molecular formula is C54H54F2N4O14. The number of nitrogens with zero attached hydrogens (tertiary/aromatic N) is 4. The average Bonchev–Trinajstić information content (AvgIpc) is 3.76. The number of hydrogen-bond acceptors (Lipinski definition) is 13. The van der Waals surface area contributed by atoms with Gasteiger partial charge in [0.2, 0.25) is 0 Å². The quantitative estimate of drug-likeness (QED) is 0.0796. The Bertz CT molecular complexity index is 2950. The molecular weight excluding hydrogens is 967 g/mol. The standard InChI is InChI=1S/2C27H27FN2O7/c1-18(31)36-21-15-22(27(2,28)24(21)37-25(33)20-11-7-4-8-12-20)29-14-13-23(32)30(26(29)34)17-35-16-19-9-5-3-6-10-19;1-27(28)21(14-20(15-23(32)33)24(27)37-25(34)19-10-6-3-7-11-19)29-13-12-22(31)30(26(29)35)17-36-16-18-8-4-2-5-9-18/h3-14,21-22,24H,15-17H2,1-2H3;2-13,20-21,24H,14-17H2,1H3,(H,32,33). The fourth-order valence-corrected chi connectivity index (χ4v) is 9.28. The smallest absolute Gasteiger partial charge is 0.338 e. The first-order valence-corrected chi connectivity index (χ1v) is 23.5. The summed E-state index contributed by atoms with van der Waals surface area (Å²) < 4.78 is 63.9. The van der Waals surface area contributed by atoms with Crippen LogP contribution in [0.25, 0.3) is 0 Å². The van der Waals surface area contributed by atoms with Crippen molar-refractivity contribution in [3.05, 3.63) is 210 Å². The average molecular weight is 1020 g/mol. The summed E-state index contributed by atoms with van der Waals surface area (Å²) in [6.45, 7) is 3.14. The Kier molecular flexibility index (Phi) is 17.1. The van der Waals surface area contributed by atoms with Crippen LogP contribution in [0.1, 0.15) is 84.0 Å². The van der Waals surface area contributed by atoms with Crippen LogP contribution in [0.5, 0.6) is 0 Å². The van der Waals surface area contributed by atoms with Gasteiger partial charge in [-0.3, -0.25) is 28.3 Å². The number of carbonyl (C=O) groups is 4. The first-order valence-electron chi connectivity index (χ1n) is 23.5. The highest BCUT2D eigenvalue weighted by molar-refractivity contribution is 5.90. The van der Waals surface area contributed by atoms with Gasteiger partial charge in [-0.1, -0.05) is 97.1 Å². The maximum Gasteiger partial charge on any atom is 0.338 e. The number of benzene rings is 4. The van der Waals surface area contributed by atoms with Crippen molar-refractivity contribution < 1.29 is 56.7 Å². The maximum atomic E-state index is 16.3. The summed E-state index contributed by atoms with van der Waals surface area (Å²) in [5, 5.41) is 9.40. The lowest BCUT2D eigenvalue weighted by Crippen LogP contribution is -2.47. The van der Waals surface area contributed by atoms with Crippen molar-refractivity contribution in [1.82, 2.24) is 18.3 Å². The second-order valence-corrected chi connectivity index (χ2v) is 18.2. The molecule has 74 heavy (non-hydrogen) atoms. The number of esters is 3. The Morgan fingerprint density at radius 2 is 0.959 bits per heavy atom. The Hall–Kier alpha value is -8.10. The van der Waals surface area contributed by atoms with Gasteiger partial charge in [0.15, 0.2) is 17.4 Å². The van der Waals surface area contributed by atoms with Crippen molar-refractivity contribution in [2.75, 3.05) is 0 Å². The van der Waals surface area contributed by atoms with Crippen molar-refractivity contribution in [1.29, 1.82) is 0 Å². The van der Waals surface area contributed by atoms with E-state index in [2.05, 4.69) is 0 Å². The number of carbonyl (C=O) groups excluding carboxylic acids is 3. The molecule has 20 heteroatoms. The molecule has 2 aliphatic carbocycles. The summed E-state index contributed by atoms with van der Waals surface area (Å²) in [4.78, 5) is 100.0. The van der Waals surface area contributed by atoms with Gasteiger partial charge in [-0.05, 0) is 55.7 Å². The Morgan fingerprint density at radius 1 is 0.568 bits per heavy atom. The Labute approximate surface area is 421 Å². The minimum atomic E-state index is -2.32. The van der Waals surface area contributed by atoms with Gasteiger partial charge in [-0.25, -0.2) is 37.1 Å². The molecule has 6 aromatic rings. The lowest BCUT2D eigenvalue weighted by Gasteiger charge is -2.30. The molecule has 8 rings (SSSR count). The summed E-state index contributed by atoms with van der Waals surface area (Å²) in [6.07, 6.45) is -2.40. The number of carboxylic acids is 1. The van der Waals surface area contributed by atoms with Gasteiger partial charge in [0.25, 0.3) is 11.1 Å². The van der Waals surface area contributed by atoms with Gasteiger partial charge in [-0.2, -0.15) is 0 Å². The minimum absolute atomic E-state index is 0.0883. The molecule has 2 saturated carbocycles. The van der Waals surface area contributed by atoms with Crippen molar-refractivity contribution in [3.63, 3.8) is 0 Å². The fraction of sp³-hybridized carbons (Fsp3) is 0.333. The number of ether oxygens (including phenoxy) is 5. The van der Waals surface area contributed by atoms with E-state index >= 15 is 8.78 Å². The fourth-order valence-electron chi connectivity index (χ4n) is 9.28. The van der Waals surface area contributed by atoms with Crippen LogP contribution in [-0.4, -0.2) is 76.9 Å². The van der Waals surface area contributed by atoms with Crippen LogP contribution in [0.4, 0.5) is 8.78 Å². The van der Waals surface area contributed by atoms with E-state index in [-0.39, 0.29) is 50.6 Å². The van der Waals surface area contributed by atoms with E-state index in [9.17, 15) is 43.5 Å². The van der Waals surface area contributed by atoms with Gasteiger partial charge < -0.3 is 28.8 Å². The number of aliphatic carboxylic acids is 1. The van der Waals surface area contributed by atoms with E-state index in [1.165, 1.54) is 50.5 Å². The number of carboxylic acid groups (broad SMARTS) is 1. The van der Waals surface area contributed by atoms with E-state index in [0.717, 1.165) is 48.5 Å². The number of aromatic nitrogens is 4. The van der Waals surface area contributed by atoms with Crippen molar-refractivity contribution in [2.45, 2.75) is 108 Å². The van der Waals surface area contributed by atoms with Gasteiger partial charge in [-0.15, -0.1) is 0 Å². The van der Waals surface area contributed by atoms with E-state index in [1.54, 1.807) is 36.4 Å². The summed E-state index contributed by atoms with van der Waals surface area (Å²) in [6, 6.07) is 34.2. The maximum absolute atomic E-state index is 16.3. The van der Waals surface area contributed by atoms with Crippen LogP contribution in [-0.2, 0) is 59.9 Å². The van der Waals surface area contributed by atoms with Crippen LogP contribution < -0.4 is 22.5 Å². The number of alkyl halides is 2. The Morgan fingerprint density at radius 3 is 1.38 bits per heavy atom. The van der Waals surface area contributed by atoms with Crippen LogP contribution >= 0.6 is 0 Å². The third-order valence-corrected chi connectivity index (χ3v) is 12.9. The Balaban J connectivity index is 0.000000216. The SMILES string of the molecule is CC(=O)OC1CC(n2ccc(=O)n(COCc3ccccc3)c2=O)C(C)(F)C1OC(=O)c1ccccc1.CC1(F)C(OC(=O)c2ccccc2)C(CC(=O)O)CC1n1ccc(=O)n(COCc2ccccc2)c1=O. The zero-order valence-corrected chi connectivity index (χ0v) is 40.6. The van der Waals surface area contributed by atoms with Crippen LogP contribution in [0.15, 0.2) is 165 Å². The highest BCUT2D eigenvalue weighted by atomic mass is 19.1. The molecule has 4 aromatic carbocycles. The summed E-state index contributed by atoms with van der Waals surface area (Å²) in [5.41, 5.74) is -5.38. The van der Waals surface area contributed by atoms with Gasteiger partial charge in [0, 0.05) is 43.8 Å². The third-order valence-electron chi connectivity index (χ3n) is 12.9.